The smallest absolute Gasteiger partial charge is 0.315 e. The van der Waals surface area contributed by atoms with Crippen molar-refractivity contribution in [2.75, 3.05) is 19.7 Å². The van der Waals surface area contributed by atoms with Crippen molar-refractivity contribution in [3.05, 3.63) is 54.0 Å². The van der Waals surface area contributed by atoms with Crippen LogP contribution in [0, 0.1) is 6.92 Å². The molecule has 0 aliphatic heterocycles. The minimum atomic E-state index is -1.25. The molecule has 124 valence electrons. The molecule has 1 atom stereocenters. The quantitative estimate of drug-likeness (QED) is 0.683. The van der Waals surface area contributed by atoms with Crippen molar-refractivity contribution >= 4 is 6.03 Å². The van der Waals surface area contributed by atoms with Crippen LogP contribution in [0.1, 0.15) is 18.2 Å². The molecule has 3 N–H and O–H groups in total. The van der Waals surface area contributed by atoms with E-state index in [4.69, 9.17) is 9.15 Å². The van der Waals surface area contributed by atoms with E-state index >= 15 is 0 Å². The molecule has 2 rings (SSSR count). The topological polar surface area (TPSA) is 83.7 Å². The molecule has 0 aliphatic rings. The van der Waals surface area contributed by atoms with Crippen LogP contribution in [-0.2, 0) is 5.60 Å². The second kappa shape index (κ2) is 7.69. The van der Waals surface area contributed by atoms with E-state index in [1.54, 1.807) is 19.1 Å². The second-order valence-corrected chi connectivity index (χ2v) is 5.53. The highest BCUT2D eigenvalue weighted by Gasteiger charge is 2.26. The Hall–Kier alpha value is -2.47. The zero-order valence-electron chi connectivity index (χ0n) is 13.3. The standard InChI is InChI=1S/C17H22N2O4/c1-13-5-3-6-14(11-13)22-10-8-18-16(20)19-12-17(2,21)15-7-4-9-23-15/h3-7,9,11,21H,8,10,12H2,1-2H3,(H2,18,19,20). The minimum Gasteiger partial charge on any atom is -0.492 e. The molecule has 0 spiro atoms. The number of amides is 2. The van der Waals surface area contributed by atoms with Gasteiger partial charge in [0.1, 0.15) is 23.7 Å². The number of furan rings is 1. The lowest BCUT2D eigenvalue weighted by Gasteiger charge is -2.21. The molecule has 1 heterocycles. The summed E-state index contributed by atoms with van der Waals surface area (Å²) in [4.78, 5) is 11.7. The summed E-state index contributed by atoms with van der Waals surface area (Å²) in [6.45, 7) is 4.34. The molecular formula is C17H22N2O4. The third kappa shape index (κ3) is 5.34. The Morgan fingerprint density at radius 2 is 2.13 bits per heavy atom. The van der Waals surface area contributed by atoms with Crippen molar-refractivity contribution in [3.63, 3.8) is 0 Å². The number of hydrogen-bond donors (Lipinski definition) is 3. The van der Waals surface area contributed by atoms with Gasteiger partial charge in [-0.3, -0.25) is 0 Å². The van der Waals surface area contributed by atoms with Crippen LogP contribution < -0.4 is 15.4 Å². The molecule has 0 bridgehead atoms. The highest BCUT2D eigenvalue weighted by atomic mass is 16.5. The van der Waals surface area contributed by atoms with Crippen LogP contribution in [-0.4, -0.2) is 30.8 Å². The largest absolute Gasteiger partial charge is 0.492 e. The molecule has 6 heteroatoms. The van der Waals surface area contributed by atoms with Gasteiger partial charge in [0.05, 0.1) is 19.4 Å². The van der Waals surface area contributed by atoms with Gasteiger partial charge in [-0.05, 0) is 43.7 Å². The summed E-state index contributed by atoms with van der Waals surface area (Å²) in [5.74, 6) is 1.17. The van der Waals surface area contributed by atoms with E-state index in [-0.39, 0.29) is 12.6 Å². The van der Waals surface area contributed by atoms with Gasteiger partial charge in [-0.2, -0.15) is 0 Å². The fourth-order valence-corrected chi connectivity index (χ4v) is 2.03. The van der Waals surface area contributed by atoms with Gasteiger partial charge in [0, 0.05) is 0 Å². The summed E-state index contributed by atoms with van der Waals surface area (Å²) in [6, 6.07) is 10.7. The number of rotatable bonds is 7. The van der Waals surface area contributed by atoms with Crippen molar-refractivity contribution in [1.29, 1.82) is 0 Å². The number of aliphatic hydroxyl groups is 1. The summed E-state index contributed by atoms with van der Waals surface area (Å²) in [6.07, 6.45) is 1.48. The molecule has 0 saturated carbocycles. The fraction of sp³-hybridized carbons (Fsp3) is 0.353. The zero-order chi connectivity index (χ0) is 16.7. The Morgan fingerprint density at radius 3 is 2.83 bits per heavy atom. The van der Waals surface area contributed by atoms with Gasteiger partial charge in [0.15, 0.2) is 0 Å². The van der Waals surface area contributed by atoms with E-state index in [2.05, 4.69) is 10.6 Å². The molecule has 2 aromatic rings. The second-order valence-electron chi connectivity index (χ2n) is 5.53. The predicted octanol–water partition coefficient (Wildman–Crippen LogP) is 2.17. The lowest BCUT2D eigenvalue weighted by molar-refractivity contribution is 0.0367. The molecule has 6 nitrogen and oxygen atoms in total. The predicted molar refractivity (Wildman–Crippen MR) is 86.4 cm³/mol. The summed E-state index contributed by atoms with van der Waals surface area (Å²) in [5, 5.41) is 15.5. The number of benzene rings is 1. The van der Waals surface area contributed by atoms with Gasteiger partial charge in [-0.1, -0.05) is 12.1 Å². The average molecular weight is 318 g/mol. The molecule has 0 radical (unpaired) electrons. The average Bonchev–Trinajstić information content (AvgIpc) is 3.05. The highest BCUT2D eigenvalue weighted by Crippen LogP contribution is 2.19. The molecule has 0 fully saturated rings. The van der Waals surface area contributed by atoms with Crippen molar-refractivity contribution < 1.29 is 19.1 Å². The summed E-state index contributed by atoms with van der Waals surface area (Å²) in [5.41, 5.74) is -0.132. The zero-order valence-corrected chi connectivity index (χ0v) is 13.3. The van der Waals surface area contributed by atoms with E-state index in [1.807, 2.05) is 31.2 Å². The van der Waals surface area contributed by atoms with Crippen molar-refractivity contribution in [1.82, 2.24) is 10.6 Å². The first-order chi connectivity index (χ1) is 11.0. The maximum Gasteiger partial charge on any atom is 0.315 e. The molecule has 23 heavy (non-hydrogen) atoms. The van der Waals surface area contributed by atoms with Crippen LogP contribution in [0.25, 0.3) is 0 Å². The van der Waals surface area contributed by atoms with Crippen LogP contribution in [0.5, 0.6) is 5.75 Å². The number of hydrogen-bond acceptors (Lipinski definition) is 4. The first-order valence-corrected chi connectivity index (χ1v) is 7.45. The molecule has 1 aromatic heterocycles. The van der Waals surface area contributed by atoms with Crippen molar-refractivity contribution in [3.8, 4) is 5.75 Å². The summed E-state index contributed by atoms with van der Waals surface area (Å²) < 4.78 is 10.7. The van der Waals surface area contributed by atoms with Crippen LogP contribution in [0.3, 0.4) is 0 Å². The summed E-state index contributed by atoms with van der Waals surface area (Å²) >= 11 is 0. The van der Waals surface area contributed by atoms with E-state index in [1.165, 1.54) is 6.26 Å². The van der Waals surface area contributed by atoms with Gasteiger partial charge < -0.3 is 24.9 Å². The van der Waals surface area contributed by atoms with Crippen LogP contribution in [0.4, 0.5) is 4.79 Å². The first-order valence-electron chi connectivity index (χ1n) is 7.45. The third-order valence-electron chi connectivity index (χ3n) is 3.29. The van der Waals surface area contributed by atoms with Gasteiger partial charge in [-0.25, -0.2) is 4.79 Å². The Bertz CT molecular complexity index is 623. The van der Waals surface area contributed by atoms with Crippen LogP contribution >= 0.6 is 0 Å². The summed E-state index contributed by atoms with van der Waals surface area (Å²) in [7, 11) is 0. The molecule has 0 saturated heterocycles. The Labute approximate surface area is 135 Å². The molecule has 0 aliphatic carbocycles. The van der Waals surface area contributed by atoms with E-state index in [9.17, 15) is 9.90 Å². The minimum absolute atomic E-state index is 0.0467. The number of urea groups is 1. The lowest BCUT2D eigenvalue weighted by Crippen LogP contribution is -2.44. The number of carbonyl (C=O) groups is 1. The van der Waals surface area contributed by atoms with E-state index in [0.29, 0.717) is 18.9 Å². The van der Waals surface area contributed by atoms with Crippen LogP contribution in [0.2, 0.25) is 0 Å². The Kier molecular flexibility index (Phi) is 5.65. The number of nitrogens with one attached hydrogen (secondary N) is 2. The van der Waals surface area contributed by atoms with Crippen molar-refractivity contribution in [2.24, 2.45) is 0 Å². The molecule has 2 amide bonds. The van der Waals surface area contributed by atoms with Gasteiger partial charge in [0.2, 0.25) is 0 Å². The van der Waals surface area contributed by atoms with Crippen molar-refractivity contribution in [2.45, 2.75) is 19.4 Å². The molecule has 1 unspecified atom stereocenters. The third-order valence-corrected chi connectivity index (χ3v) is 3.29. The fourth-order valence-electron chi connectivity index (χ4n) is 2.03. The van der Waals surface area contributed by atoms with E-state index in [0.717, 1.165) is 11.3 Å². The number of ether oxygens (including phenoxy) is 1. The Balaban J connectivity index is 1.65. The maximum atomic E-state index is 11.7. The number of carbonyl (C=O) groups excluding carboxylic acids is 1. The van der Waals surface area contributed by atoms with Gasteiger partial charge >= 0.3 is 6.03 Å². The molecule has 1 aromatic carbocycles. The van der Waals surface area contributed by atoms with Gasteiger partial charge in [0.25, 0.3) is 0 Å². The highest BCUT2D eigenvalue weighted by molar-refractivity contribution is 5.73. The SMILES string of the molecule is Cc1cccc(OCCNC(=O)NCC(C)(O)c2ccco2)c1. The normalized spacial score (nSPS) is 13.2. The number of aryl methyl sites for hydroxylation is 1. The van der Waals surface area contributed by atoms with Crippen LogP contribution in [0.15, 0.2) is 47.1 Å². The monoisotopic (exact) mass is 318 g/mol. The van der Waals surface area contributed by atoms with E-state index < -0.39 is 5.60 Å². The molecular weight excluding hydrogens is 296 g/mol. The first kappa shape index (κ1) is 16.9. The lowest BCUT2D eigenvalue weighted by atomic mass is 10.0. The van der Waals surface area contributed by atoms with Gasteiger partial charge in [-0.15, -0.1) is 0 Å². The Morgan fingerprint density at radius 1 is 1.30 bits per heavy atom. The maximum absolute atomic E-state index is 11.7.